The Morgan fingerprint density at radius 1 is 1.03 bits per heavy atom. The third kappa shape index (κ3) is 5.18. The number of nitro benzene ring substituents is 1. The molecule has 4 amide bonds. The zero-order chi connectivity index (χ0) is 25.8. The van der Waals surface area contributed by atoms with E-state index < -0.39 is 22.8 Å². The number of halogens is 1. The Bertz CT molecular complexity index is 1390. The van der Waals surface area contributed by atoms with Gasteiger partial charge in [-0.3, -0.25) is 25.0 Å². The van der Waals surface area contributed by atoms with Crippen LogP contribution < -0.4 is 19.7 Å². The summed E-state index contributed by atoms with van der Waals surface area (Å²) in [6, 6.07) is 15.8. The molecule has 0 radical (unpaired) electrons. The lowest BCUT2D eigenvalue weighted by Crippen LogP contribution is -2.54. The number of ether oxygens (including phenoxy) is 2. The predicted molar refractivity (Wildman–Crippen MR) is 131 cm³/mol. The zero-order valence-corrected chi connectivity index (χ0v) is 19.5. The van der Waals surface area contributed by atoms with Crippen LogP contribution in [0.4, 0.5) is 16.2 Å². The first kappa shape index (κ1) is 24.4. The van der Waals surface area contributed by atoms with Crippen LogP contribution in [0.3, 0.4) is 0 Å². The Hall–Kier alpha value is -4.70. The van der Waals surface area contributed by atoms with Crippen molar-refractivity contribution >= 4 is 46.9 Å². The summed E-state index contributed by atoms with van der Waals surface area (Å²) in [5, 5.41) is 13.4. The molecule has 1 aliphatic heterocycles. The molecular weight excluding hydrogens is 490 g/mol. The number of barbiturate groups is 1. The number of carbonyl (C=O) groups is 3. The Kier molecular flexibility index (Phi) is 6.98. The number of urea groups is 1. The van der Waals surface area contributed by atoms with E-state index in [-0.39, 0.29) is 29.3 Å². The summed E-state index contributed by atoms with van der Waals surface area (Å²) < 4.78 is 11.1. The van der Waals surface area contributed by atoms with E-state index >= 15 is 0 Å². The fourth-order valence-electron chi connectivity index (χ4n) is 3.40. The summed E-state index contributed by atoms with van der Waals surface area (Å²) in [5.41, 5.74) is 0.946. The van der Waals surface area contributed by atoms with Gasteiger partial charge in [0.15, 0.2) is 0 Å². The number of imide groups is 2. The van der Waals surface area contributed by atoms with Gasteiger partial charge < -0.3 is 9.47 Å². The molecule has 3 aromatic rings. The number of rotatable bonds is 7. The molecule has 1 N–H and O–H groups in total. The molecule has 0 aromatic heterocycles. The molecule has 182 valence electrons. The molecule has 0 unspecified atom stereocenters. The van der Waals surface area contributed by atoms with Gasteiger partial charge in [0, 0.05) is 28.8 Å². The van der Waals surface area contributed by atoms with Gasteiger partial charge in [0.05, 0.1) is 17.7 Å². The quantitative estimate of drug-likeness (QED) is 0.216. The van der Waals surface area contributed by atoms with Crippen molar-refractivity contribution in [1.82, 2.24) is 5.32 Å². The number of benzene rings is 3. The number of nitro groups is 1. The monoisotopic (exact) mass is 507 g/mol. The summed E-state index contributed by atoms with van der Waals surface area (Å²) in [7, 11) is 1.47. The molecule has 0 bridgehead atoms. The average molecular weight is 508 g/mol. The Balaban J connectivity index is 1.65. The van der Waals surface area contributed by atoms with Crippen molar-refractivity contribution in [1.29, 1.82) is 0 Å². The van der Waals surface area contributed by atoms with Gasteiger partial charge in [-0.2, -0.15) is 0 Å². The zero-order valence-electron chi connectivity index (χ0n) is 18.8. The van der Waals surface area contributed by atoms with Crippen molar-refractivity contribution in [2.75, 3.05) is 12.0 Å². The SMILES string of the molecule is COc1ccc(/C=C2\C(=O)NC(=O)N(c3ccc(Cl)cc3)C2=O)c(OCc2ccc([N+](=O)[O-])cc2)c1. The van der Waals surface area contributed by atoms with E-state index in [1.807, 2.05) is 0 Å². The number of hydrogen-bond acceptors (Lipinski definition) is 7. The average Bonchev–Trinajstić information content (AvgIpc) is 2.87. The fourth-order valence-corrected chi connectivity index (χ4v) is 3.52. The van der Waals surface area contributed by atoms with Crippen LogP contribution in [-0.2, 0) is 16.2 Å². The molecule has 0 aliphatic carbocycles. The second-order valence-electron chi connectivity index (χ2n) is 7.55. The van der Waals surface area contributed by atoms with Crippen LogP contribution >= 0.6 is 11.6 Å². The number of amides is 4. The van der Waals surface area contributed by atoms with E-state index in [1.165, 1.54) is 49.6 Å². The van der Waals surface area contributed by atoms with Crippen molar-refractivity contribution in [2.45, 2.75) is 6.61 Å². The molecule has 0 atom stereocenters. The van der Waals surface area contributed by atoms with Gasteiger partial charge in [-0.05, 0) is 60.2 Å². The van der Waals surface area contributed by atoms with E-state index in [1.54, 1.807) is 30.3 Å². The Labute approximate surface area is 209 Å². The minimum absolute atomic E-state index is 0.0489. The first-order chi connectivity index (χ1) is 17.3. The smallest absolute Gasteiger partial charge is 0.335 e. The van der Waals surface area contributed by atoms with E-state index in [9.17, 15) is 24.5 Å². The maximum atomic E-state index is 13.2. The van der Waals surface area contributed by atoms with Crippen molar-refractivity contribution in [2.24, 2.45) is 0 Å². The Morgan fingerprint density at radius 2 is 1.72 bits per heavy atom. The number of methoxy groups -OCH3 is 1. The maximum absolute atomic E-state index is 13.2. The number of hydrogen-bond donors (Lipinski definition) is 1. The highest BCUT2D eigenvalue weighted by molar-refractivity contribution is 6.39. The molecule has 10 nitrogen and oxygen atoms in total. The lowest BCUT2D eigenvalue weighted by molar-refractivity contribution is -0.384. The van der Waals surface area contributed by atoms with Crippen LogP contribution in [-0.4, -0.2) is 29.9 Å². The second kappa shape index (κ2) is 10.3. The highest BCUT2D eigenvalue weighted by Crippen LogP contribution is 2.30. The van der Waals surface area contributed by atoms with Gasteiger partial charge in [-0.25, -0.2) is 9.69 Å². The summed E-state index contributed by atoms with van der Waals surface area (Å²) in [4.78, 5) is 49.3. The maximum Gasteiger partial charge on any atom is 0.335 e. The molecule has 1 saturated heterocycles. The first-order valence-electron chi connectivity index (χ1n) is 10.5. The third-order valence-electron chi connectivity index (χ3n) is 5.25. The second-order valence-corrected chi connectivity index (χ2v) is 7.99. The van der Waals surface area contributed by atoms with E-state index in [2.05, 4.69) is 5.32 Å². The number of carbonyl (C=O) groups excluding carboxylic acids is 3. The molecule has 1 fully saturated rings. The predicted octanol–water partition coefficient (Wildman–Crippen LogP) is 4.50. The van der Waals surface area contributed by atoms with Gasteiger partial charge in [0.1, 0.15) is 23.7 Å². The normalized spacial score (nSPS) is 14.6. The summed E-state index contributed by atoms with van der Waals surface area (Å²) in [5.74, 6) is -0.917. The molecule has 0 spiro atoms. The first-order valence-corrected chi connectivity index (χ1v) is 10.9. The molecule has 1 aliphatic rings. The summed E-state index contributed by atoms with van der Waals surface area (Å²) >= 11 is 5.90. The van der Waals surface area contributed by atoms with E-state index in [0.29, 0.717) is 21.9 Å². The molecule has 36 heavy (non-hydrogen) atoms. The molecule has 0 saturated carbocycles. The molecule has 1 heterocycles. The van der Waals surface area contributed by atoms with Gasteiger partial charge in [-0.1, -0.05) is 11.6 Å². The standard InChI is InChI=1S/C25H18ClN3O7/c1-35-20-11-4-16(22(13-20)36-14-15-2-7-19(8-3-15)29(33)34)12-21-23(30)27-25(32)28(24(21)31)18-9-5-17(26)6-10-18/h2-13H,14H2,1H3,(H,27,30,32)/b21-12+. The van der Waals surface area contributed by atoms with Gasteiger partial charge in [0.2, 0.25) is 0 Å². The minimum atomic E-state index is -0.881. The van der Waals surface area contributed by atoms with Gasteiger partial charge >= 0.3 is 6.03 Å². The van der Waals surface area contributed by atoms with Crippen LogP contribution in [0.25, 0.3) is 6.08 Å². The van der Waals surface area contributed by atoms with Crippen molar-refractivity contribution in [3.05, 3.63) is 98.6 Å². The van der Waals surface area contributed by atoms with Crippen molar-refractivity contribution in [3.63, 3.8) is 0 Å². The molecular formula is C25H18ClN3O7. The van der Waals surface area contributed by atoms with Crippen LogP contribution in [0.5, 0.6) is 11.5 Å². The van der Waals surface area contributed by atoms with Gasteiger partial charge in [-0.15, -0.1) is 0 Å². The van der Waals surface area contributed by atoms with Crippen LogP contribution in [0, 0.1) is 10.1 Å². The topological polar surface area (TPSA) is 128 Å². The van der Waals surface area contributed by atoms with Crippen LogP contribution in [0.1, 0.15) is 11.1 Å². The number of nitrogens with zero attached hydrogens (tertiary/aromatic N) is 2. The molecule has 3 aromatic carbocycles. The van der Waals surface area contributed by atoms with E-state index in [0.717, 1.165) is 4.90 Å². The lowest BCUT2D eigenvalue weighted by Gasteiger charge is -2.26. The third-order valence-corrected chi connectivity index (χ3v) is 5.50. The van der Waals surface area contributed by atoms with E-state index in [4.69, 9.17) is 21.1 Å². The highest BCUT2D eigenvalue weighted by atomic mass is 35.5. The van der Waals surface area contributed by atoms with Crippen LogP contribution in [0.15, 0.2) is 72.3 Å². The lowest BCUT2D eigenvalue weighted by atomic mass is 10.1. The number of anilines is 1. The summed E-state index contributed by atoms with van der Waals surface area (Å²) in [6.07, 6.45) is 1.32. The highest BCUT2D eigenvalue weighted by Gasteiger charge is 2.37. The van der Waals surface area contributed by atoms with Gasteiger partial charge in [0.25, 0.3) is 17.5 Å². The Morgan fingerprint density at radius 3 is 2.36 bits per heavy atom. The number of nitrogens with one attached hydrogen (secondary N) is 1. The molecule has 11 heteroatoms. The van der Waals surface area contributed by atoms with Crippen molar-refractivity contribution in [3.8, 4) is 11.5 Å². The minimum Gasteiger partial charge on any atom is -0.497 e. The number of non-ortho nitro benzene ring substituents is 1. The van der Waals surface area contributed by atoms with Crippen LogP contribution in [0.2, 0.25) is 5.02 Å². The largest absolute Gasteiger partial charge is 0.497 e. The van der Waals surface area contributed by atoms with Crippen molar-refractivity contribution < 1.29 is 28.8 Å². The molecule has 4 rings (SSSR count). The fraction of sp³-hybridized carbons (Fsp3) is 0.0800. The summed E-state index contributed by atoms with van der Waals surface area (Å²) in [6.45, 7) is 0.0524.